The van der Waals surface area contributed by atoms with Gasteiger partial charge in [0.1, 0.15) is 18.2 Å². The molecular formula is C13H24N2O3. The van der Waals surface area contributed by atoms with Crippen LogP contribution in [0.2, 0.25) is 0 Å². The summed E-state index contributed by atoms with van der Waals surface area (Å²) in [6.45, 7) is 10.5. The van der Waals surface area contributed by atoms with E-state index in [2.05, 4.69) is 5.32 Å². The summed E-state index contributed by atoms with van der Waals surface area (Å²) >= 11 is 0. The lowest BCUT2D eigenvalue weighted by Crippen LogP contribution is -2.53. The number of likely N-dealkylation sites (N-methyl/N-ethyl adjacent to an activating group) is 1. The predicted molar refractivity (Wildman–Crippen MR) is 68.1 cm³/mol. The van der Waals surface area contributed by atoms with Gasteiger partial charge in [0.25, 0.3) is 0 Å². The number of likely N-dealkylation sites (tertiary alicyclic amines) is 1. The van der Waals surface area contributed by atoms with E-state index in [1.165, 1.54) is 0 Å². The van der Waals surface area contributed by atoms with Gasteiger partial charge < -0.3 is 14.8 Å². The van der Waals surface area contributed by atoms with Gasteiger partial charge in [-0.15, -0.1) is 0 Å². The van der Waals surface area contributed by atoms with Crippen molar-refractivity contribution in [2.45, 2.75) is 64.2 Å². The molecule has 0 bridgehead atoms. The van der Waals surface area contributed by atoms with Crippen LogP contribution in [-0.2, 0) is 14.3 Å². The van der Waals surface area contributed by atoms with Gasteiger partial charge in [-0.3, -0.25) is 9.69 Å². The Morgan fingerprint density at radius 1 is 1.33 bits per heavy atom. The van der Waals surface area contributed by atoms with Crippen molar-refractivity contribution in [2.24, 2.45) is 0 Å². The minimum absolute atomic E-state index is 0.0128. The molecule has 3 atom stereocenters. The molecular weight excluding hydrogens is 232 g/mol. The van der Waals surface area contributed by atoms with Gasteiger partial charge in [-0.25, -0.2) is 0 Å². The average Bonchev–Trinajstić information content (AvgIpc) is 2.50. The Kier molecular flexibility index (Phi) is 3.20. The van der Waals surface area contributed by atoms with Gasteiger partial charge in [0.05, 0.1) is 0 Å². The van der Waals surface area contributed by atoms with Crippen LogP contribution in [0.3, 0.4) is 0 Å². The number of fused-ring (bicyclic) bond motifs is 1. The second-order valence-corrected chi connectivity index (χ2v) is 6.76. The number of rotatable bonds is 1. The Morgan fingerprint density at radius 3 is 2.50 bits per heavy atom. The van der Waals surface area contributed by atoms with Crippen molar-refractivity contribution in [3.63, 3.8) is 0 Å². The van der Waals surface area contributed by atoms with Crippen LogP contribution in [0.25, 0.3) is 0 Å². The van der Waals surface area contributed by atoms with Crippen molar-refractivity contribution in [3.05, 3.63) is 0 Å². The lowest BCUT2D eigenvalue weighted by Gasteiger charge is -2.29. The monoisotopic (exact) mass is 256 g/mol. The van der Waals surface area contributed by atoms with Gasteiger partial charge in [-0.2, -0.15) is 0 Å². The minimum atomic E-state index is -0.586. The number of nitrogens with one attached hydrogen (secondary N) is 1. The van der Waals surface area contributed by atoms with Gasteiger partial charge in [-0.1, -0.05) is 0 Å². The van der Waals surface area contributed by atoms with E-state index in [0.29, 0.717) is 0 Å². The van der Waals surface area contributed by atoms with Crippen molar-refractivity contribution in [1.29, 1.82) is 0 Å². The summed E-state index contributed by atoms with van der Waals surface area (Å²) in [5.74, 6) is -0.574. The molecule has 2 fully saturated rings. The molecule has 0 spiro atoms. The third-order valence-corrected chi connectivity index (χ3v) is 3.24. The molecule has 0 saturated carbocycles. The number of nitrogens with zero attached hydrogens (tertiary/aromatic N) is 1. The second kappa shape index (κ2) is 4.18. The van der Waals surface area contributed by atoms with Crippen LogP contribution >= 0.6 is 0 Å². The highest BCUT2D eigenvalue weighted by Gasteiger charge is 2.54. The first-order valence-corrected chi connectivity index (χ1v) is 6.47. The Hall–Kier alpha value is -0.650. The van der Waals surface area contributed by atoms with Gasteiger partial charge in [0.15, 0.2) is 5.79 Å². The normalized spacial score (nSPS) is 35.6. The zero-order valence-electron chi connectivity index (χ0n) is 12.1. The summed E-state index contributed by atoms with van der Waals surface area (Å²) in [6, 6.07) is -0.268. The van der Waals surface area contributed by atoms with Crippen LogP contribution in [0, 0.1) is 0 Å². The van der Waals surface area contributed by atoms with E-state index in [4.69, 9.17) is 9.47 Å². The Morgan fingerprint density at radius 2 is 1.94 bits per heavy atom. The number of ether oxygens (including phenoxy) is 2. The number of hydrogen-bond donors (Lipinski definition) is 1. The van der Waals surface area contributed by atoms with Gasteiger partial charge in [0.2, 0.25) is 5.91 Å². The maximum atomic E-state index is 12.3. The summed E-state index contributed by atoms with van der Waals surface area (Å²) < 4.78 is 11.7. The maximum Gasteiger partial charge on any atom is 0.240 e. The van der Waals surface area contributed by atoms with Crippen molar-refractivity contribution in [3.8, 4) is 0 Å². The number of amides is 1. The third-order valence-electron chi connectivity index (χ3n) is 3.24. The fraction of sp³-hybridized carbons (Fsp3) is 0.923. The molecule has 18 heavy (non-hydrogen) atoms. The molecule has 5 heteroatoms. The molecule has 2 saturated heterocycles. The third kappa shape index (κ3) is 2.68. The van der Waals surface area contributed by atoms with E-state index in [1.54, 1.807) is 0 Å². The average molecular weight is 256 g/mol. The van der Waals surface area contributed by atoms with E-state index in [0.717, 1.165) is 6.54 Å². The fourth-order valence-corrected chi connectivity index (χ4v) is 2.71. The highest BCUT2D eigenvalue weighted by atomic mass is 16.8. The molecule has 5 nitrogen and oxygen atoms in total. The van der Waals surface area contributed by atoms with Crippen LogP contribution in [0.4, 0.5) is 0 Å². The van der Waals surface area contributed by atoms with Gasteiger partial charge >= 0.3 is 0 Å². The summed E-state index contributed by atoms with van der Waals surface area (Å²) in [6.07, 6.45) is -0.187. The Labute approximate surface area is 109 Å². The number of carbonyl (C=O) groups is 1. The molecule has 1 amide bonds. The molecule has 0 aromatic rings. The number of hydrogen-bond acceptors (Lipinski definition) is 4. The molecule has 2 aliphatic heterocycles. The lowest BCUT2D eigenvalue weighted by molar-refractivity contribution is -0.163. The molecule has 2 rings (SSSR count). The largest absolute Gasteiger partial charge is 0.350 e. The Balaban J connectivity index is 2.10. The van der Waals surface area contributed by atoms with E-state index in [1.807, 2.05) is 46.6 Å². The van der Waals surface area contributed by atoms with Crippen LogP contribution in [0.5, 0.6) is 0 Å². The maximum absolute atomic E-state index is 12.3. The minimum Gasteiger partial charge on any atom is -0.350 e. The second-order valence-electron chi connectivity index (χ2n) is 6.76. The predicted octanol–water partition coefficient (Wildman–Crippen LogP) is 0.735. The molecule has 2 aliphatic rings. The first-order chi connectivity index (χ1) is 8.09. The SMILES string of the molecule is CN1C[C@@H]2OC(C)(C)O[C@@H]2[C@H]1C(=O)NC(C)(C)C. The molecule has 2 heterocycles. The smallest absolute Gasteiger partial charge is 0.240 e. The summed E-state index contributed by atoms with van der Waals surface area (Å²) in [5, 5.41) is 3.02. The molecule has 0 aliphatic carbocycles. The van der Waals surface area contributed by atoms with Crippen LogP contribution < -0.4 is 5.32 Å². The quantitative estimate of drug-likeness (QED) is 0.751. The summed E-state index contributed by atoms with van der Waals surface area (Å²) in [5.41, 5.74) is -0.231. The zero-order chi connectivity index (χ0) is 13.7. The zero-order valence-corrected chi connectivity index (χ0v) is 12.1. The van der Waals surface area contributed by atoms with E-state index in [-0.39, 0.29) is 29.7 Å². The van der Waals surface area contributed by atoms with Crippen molar-refractivity contribution in [1.82, 2.24) is 10.2 Å². The molecule has 1 N–H and O–H groups in total. The number of carbonyl (C=O) groups excluding carboxylic acids is 1. The summed E-state index contributed by atoms with van der Waals surface area (Å²) in [4.78, 5) is 14.3. The van der Waals surface area contributed by atoms with Crippen LogP contribution in [0.15, 0.2) is 0 Å². The van der Waals surface area contributed by atoms with E-state index >= 15 is 0 Å². The highest BCUT2D eigenvalue weighted by molar-refractivity contribution is 5.83. The van der Waals surface area contributed by atoms with Crippen LogP contribution in [-0.4, -0.2) is 54.0 Å². The van der Waals surface area contributed by atoms with E-state index in [9.17, 15) is 4.79 Å². The summed E-state index contributed by atoms with van der Waals surface area (Å²) in [7, 11) is 1.94. The topological polar surface area (TPSA) is 50.8 Å². The molecule has 0 aromatic heterocycles. The fourth-order valence-electron chi connectivity index (χ4n) is 2.71. The first kappa shape index (κ1) is 13.8. The van der Waals surface area contributed by atoms with Crippen molar-refractivity contribution >= 4 is 5.91 Å². The lowest BCUT2D eigenvalue weighted by atomic mass is 10.1. The molecule has 104 valence electrons. The van der Waals surface area contributed by atoms with E-state index < -0.39 is 5.79 Å². The van der Waals surface area contributed by atoms with Crippen molar-refractivity contribution < 1.29 is 14.3 Å². The molecule has 0 radical (unpaired) electrons. The highest BCUT2D eigenvalue weighted by Crippen LogP contribution is 2.36. The van der Waals surface area contributed by atoms with Crippen LogP contribution in [0.1, 0.15) is 34.6 Å². The molecule has 0 unspecified atom stereocenters. The van der Waals surface area contributed by atoms with Gasteiger partial charge in [0, 0.05) is 12.1 Å². The Bertz CT molecular complexity index is 349. The van der Waals surface area contributed by atoms with Gasteiger partial charge in [-0.05, 0) is 41.7 Å². The standard InChI is InChI=1S/C13H24N2O3/c1-12(2,3)14-11(16)9-10-8(7-15(9)6)17-13(4,5)18-10/h8-10H,7H2,1-6H3,(H,14,16)/t8-,9-,10-/m0/s1. The van der Waals surface area contributed by atoms with Crippen molar-refractivity contribution in [2.75, 3.05) is 13.6 Å². The molecule has 0 aromatic carbocycles. The first-order valence-electron chi connectivity index (χ1n) is 6.47.